The molecule has 144 valence electrons. The van der Waals surface area contributed by atoms with Crippen LogP contribution in [0, 0.1) is 13.8 Å². The third-order valence-electron chi connectivity index (χ3n) is 4.38. The van der Waals surface area contributed by atoms with E-state index in [2.05, 4.69) is 15.4 Å². The van der Waals surface area contributed by atoms with E-state index in [1.807, 2.05) is 32.0 Å². The minimum absolute atomic E-state index is 0.124. The molecule has 3 rings (SSSR count). The average Bonchev–Trinajstić information content (AvgIpc) is 3.07. The second-order valence-electron chi connectivity index (χ2n) is 6.18. The van der Waals surface area contributed by atoms with Crippen LogP contribution in [0.3, 0.4) is 0 Å². The van der Waals surface area contributed by atoms with Gasteiger partial charge in [0.2, 0.25) is 0 Å². The first-order valence-corrected chi connectivity index (χ1v) is 8.77. The lowest BCUT2D eigenvalue weighted by atomic mass is 10.1. The number of pyridine rings is 1. The van der Waals surface area contributed by atoms with Gasteiger partial charge < -0.3 is 15.8 Å². The number of amides is 1. The van der Waals surface area contributed by atoms with Crippen molar-refractivity contribution in [3.63, 3.8) is 0 Å². The van der Waals surface area contributed by atoms with E-state index in [1.165, 1.54) is 17.1 Å². The number of hydrogen-bond acceptors (Lipinski definition) is 6. The number of ether oxygens (including phenoxy) is 1. The van der Waals surface area contributed by atoms with Crippen LogP contribution in [0.2, 0.25) is 0 Å². The van der Waals surface area contributed by atoms with Gasteiger partial charge in [-0.25, -0.2) is 9.78 Å². The van der Waals surface area contributed by atoms with Crippen molar-refractivity contribution >= 4 is 23.4 Å². The Morgan fingerprint density at radius 1 is 1.18 bits per heavy atom. The zero-order chi connectivity index (χ0) is 20.3. The first-order valence-electron chi connectivity index (χ1n) is 8.77. The molecule has 2 heterocycles. The van der Waals surface area contributed by atoms with Crippen LogP contribution in [0.15, 0.2) is 42.7 Å². The molecule has 3 aromatic rings. The monoisotopic (exact) mass is 379 g/mol. The summed E-state index contributed by atoms with van der Waals surface area (Å²) in [7, 11) is 0. The fraction of sp³-hybridized carbons (Fsp3) is 0.200. The first kappa shape index (κ1) is 19.1. The van der Waals surface area contributed by atoms with Crippen molar-refractivity contribution < 1.29 is 14.3 Å². The molecule has 0 fully saturated rings. The number of aromatic nitrogens is 3. The van der Waals surface area contributed by atoms with Gasteiger partial charge in [0.05, 0.1) is 18.4 Å². The number of rotatable bonds is 5. The average molecular weight is 379 g/mol. The predicted octanol–water partition coefficient (Wildman–Crippen LogP) is 2.90. The summed E-state index contributed by atoms with van der Waals surface area (Å²) in [4.78, 5) is 28.6. The predicted molar refractivity (Wildman–Crippen MR) is 106 cm³/mol. The van der Waals surface area contributed by atoms with Gasteiger partial charge in [-0.2, -0.15) is 9.78 Å². The number of carbonyl (C=O) groups is 2. The van der Waals surface area contributed by atoms with Crippen LogP contribution >= 0.6 is 0 Å². The van der Waals surface area contributed by atoms with Crippen molar-refractivity contribution in [2.24, 2.45) is 0 Å². The van der Waals surface area contributed by atoms with Gasteiger partial charge >= 0.3 is 5.97 Å². The van der Waals surface area contributed by atoms with E-state index in [9.17, 15) is 9.59 Å². The fourth-order valence-electron chi connectivity index (χ4n) is 2.63. The summed E-state index contributed by atoms with van der Waals surface area (Å²) < 4.78 is 6.26. The molecule has 3 N–H and O–H groups in total. The van der Waals surface area contributed by atoms with Gasteiger partial charge in [-0.05, 0) is 50.1 Å². The fourth-order valence-corrected chi connectivity index (χ4v) is 2.63. The topological polar surface area (TPSA) is 112 Å². The molecule has 0 bridgehead atoms. The van der Waals surface area contributed by atoms with Crippen molar-refractivity contribution in [2.45, 2.75) is 20.8 Å². The molecule has 0 aliphatic heterocycles. The first-order chi connectivity index (χ1) is 13.4. The highest BCUT2D eigenvalue weighted by atomic mass is 16.5. The molecule has 8 nitrogen and oxygen atoms in total. The van der Waals surface area contributed by atoms with Gasteiger partial charge in [-0.15, -0.1) is 0 Å². The van der Waals surface area contributed by atoms with Crippen LogP contribution in [-0.4, -0.2) is 33.2 Å². The van der Waals surface area contributed by atoms with E-state index in [0.717, 1.165) is 16.8 Å². The highest BCUT2D eigenvalue weighted by molar-refractivity contribution is 6.04. The Balaban J connectivity index is 1.79. The number of nitrogen functional groups attached to an aromatic ring is 1. The molecule has 0 saturated carbocycles. The Morgan fingerprint density at radius 2 is 1.96 bits per heavy atom. The highest BCUT2D eigenvalue weighted by Gasteiger charge is 2.18. The van der Waals surface area contributed by atoms with Gasteiger partial charge in [-0.1, -0.05) is 12.1 Å². The van der Waals surface area contributed by atoms with Gasteiger partial charge in [0.25, 0.3) is 5.91 Å². The summed E-state index contributed by atoms with van der Waals surface area (Å²) in [6.45, 7) is 5.89. The molecule has 0 aliphatic carbocycles. The maximum Gasteiger partial charge on any atom is 0.343 e. The number of nitrogens with zero attached hydrogens (tertiary/aromatic N) is 3. The summed E-state index contributed by atoms with van der Waals surface area (Å²) >= 11 is 0. The molecular weight excluding hydrogens is 358 g/mol. The zero-order valence-corrected chi connectivity index (χ0v) is 15.9. The van der Waals surface area contributed by atoms with Crippen LogP contribution in [-0.2, 0) is 4.74 Å². The van der Waals surface area contributed by atoms with Crippen LogP contribution < -0.4 is 11.1 Å². The lowest BCUT2D eigenvalue weighted by Gasteiger charge is -2.10. The van der Waals surface area contributed by atoms with Crippen LogP contribution in [0.5, 0.6) is 0 Å². The zero-order valence-electron chi connectivity index (χ0n) is 15.9. The number of nitrogens with one attached hydrogen (secondary N) is 1. The summed E-state index contributed by atoms with van der Waals surface area (Å²) in [5.41, 5.74) is 9.39. The summed E-state index contributed by atoms with van der Waals surface area (Å²) in [5.74, 6) is -0.306. The minimum Gasteiger partial charge on any atom is -0.462 e. The summed E-state index contributed by atoms with van der Waals surface area (Å²) in [6, 6.07) is 8.95. The number of hydrogen-bond donors (Lipinski definition) is 2. The molecule has 0 unspecified atom stereocenters. The van der Waals surface area contributed by atoms with Crippen molar-refractivity contribution in [3.05, 3.63) is 65.0 Å². The molecule has 0 saturated heterocycles. The number of aryl methyl sites for hydroxylation is 1. The molecule has 1 amide bonds. The van der Waals surface area contributed by atoms with Crippen LogP contribution in [0.25, 0.3) is 5.82 Å². The smallest absolute Gasteiger partial charge is 0.343 e. The highest BCUT2D eigenvalue weighted by Crippen LogP contribution is 2.20. The van der Waals surface area contributed by atoms with E-state index in [1.54, 1.807) is 19.1 Å². The minimum atomic E-state index is -0.546. The third-order valence-corrected chi connectivity index (χ3v) is 4.38. The number of anilines is 2. The van der Waals surface area contributed by atoms with Crippen LogP contribution in [0.1, 0.15) is 38.8 Å². The molecule has 0 aliphatic rings. The molecule has 0 spiro atoms. The number of esters is 1. The van der Waals surface area contributed by atoms with Gasteiger partial charge in [-0.3, -0.25) is 4.79 Å². The van der Waals surface area contributed by atoms with Crippen molar-refractivity contribution in [2.75, 3.05) is 17.7 Å². The standard InChI is InChI=1S/C20H21N5O3/c1-4-28-20(27)15-11-23-25(18(15)21)17-9-8-14(10-22-17)19(26)24-16-7-5-6-12(2)13(16)3/h5-11H,4,21H2,1-3H3,(H,24,26). The molecule has 2 aromatic heterocycles. The van der Waals surface area contributed by atoms with Crippen molar-refractivity contribution in [1.29, 1.82) is 0 Å². The number of nitrogens with two attached hydrogens (primary N) is 1. The Hall–Kier alpha value is -3.68. The van der Waals surface area contributed by atoms with E-state index in [4.69, 9.17) is 10.5 Å². The Morgan fingerprint density at radius 3 is 2.64 bits per heavy atom. The van der Waals surface area contributed by atoms with E-state index >= 15 is 0 Å². The molecule has 0 atom stereocenters. The molecule has 1 aromatic carbocycles. The summed E-state index contributed by atoms with van der Waals surface area (Å²) in [5, 5.41) is 6.96. The Labute approximate surface area is 162 Å². The maximum absolute atomic E-state index is 12.5. The quantitative estimate of drug-likeness (QED) is 0.659. The second kappa shape index (κ2) is 7.91. The molecule has 8 heteroatoms. The Bertz CT molecular complexity index is 1020. The second-order valence-corrected chi connectivity index (χ2v) is 6.18. The summed E-state index contributed by atoms with van der Waals surface area (Å²) in [6.07, 6.45) is 2.76. The molecule has 28 heavy (non-hydrogen) atoms. The van der Waals surface area contributed by atoms with E-state index in [-0.39, 0.29) is 23.9 Å². The van der Waals surface area contributed by atoms with Crippen molar-refractivity contribution in [3.8, 4) is 5.82 Å². The van der Waals surface area contributed by atoms with Gasteiger partial charge in [0.1, 0.15) is 11.4 Å². The largest absolute Gasteiger partial charge is 0.462 e. The SMILES string of the molecule is CCOC(=O)c1cnn(-c2ccc(C(=O)Nc3cccc(C)c3C)cn2)c1N. The lowest BCUT2D eigenvalue weighted by Crippen LogP contribution is -2.14. The Kier molecular flexibility index (Phi) is 5.39. The van der Waals surface area contributed by atoms with Gasteiger partial charge in [0.15, 0.2) is 5.82 Å². The van der Waals surface area contributed by atoms with E-state index in [0.29, 0.717) is 11.4 Å². The number of carbonyl (C=O) groups excluding carboxylic acids is 2. The van der Waals surface area contributed by atoms with Gasteiger partial charge in [0, 0.05) is 11.9 Å². The van der Waals surface area contributed by atoms with Crippen molar-refractivity contribution in [1.82, 2.24) is 14.8 Å². The lowest BCUT2D eigenvalue weighted by molar-refractivity contribution is 0.0527. The number of benzene rings is 1. The molecular formula is C20H21N5O3. The van der Waals surface area contributed by atoms with E-state index < -0.39 is 5.97 Å². The molecule has 0 radical (unpaired) electrons. The third kappa shape index (κ3) is 3.71. The maximum atomic E-state index is 12.5. The van der Waals surface area contributed by atoms with Crippen LogP contribution in [0.4, 0.5) is 11.5 Å². The normalized spacial score (nSPS) is 10.5.